The number of likely N-dealkylation sites (N-methyl/N-ethyl adjacent to an activating group) is 1. The first-order valence-corrected chi connectivity index (χ1v) is 9.83. The Morgan fingerprint density at radius 1 is 1.50 bits per heavy atom. The Morgan fingerprint density at radius 3 is 2.96 bits per heavy atom. The minimum atomic E-state index is 0. The second-order valence-corrected chi connectivity index (χ2v) is 7.95. The smallest absolute Gasteiger partial charge is 0.244 e. The zero-order valence-electron chi connectivity index (χ0n) is 15.6. The third-order valence-electron chi connectivity index (χ3n) is 4.56. The van der Waals surface area contributed by atoms with Crippen LogP contribution in [-0.2, 0) is 17.9 Å². The number of rotatable bonds is 6. The molecule has 2 aromatic rings. The summed E-state index contributed by atoms with van der Waals surface area (Å²) in [5.74, 6) is 0.944. The first-order valence-electron chi connectivity index (χ1n) is 8.95. The van der Waals surface area contributed by atoms with Crippen molar-refractivity contribution in [2.24, 2.45) is 0 Å². The number of piperidine rings is 1. The summed E-state index contributed by atoms with van der Waals surface area (Å²) in [6, 6.07) is 2.04. The van der Waals surface area contributed by atoms with Gasteiger partial charge in [0.05, 0.1) is 22.9 Å². The molecule has 1 atom stereocenters. The molecule has 0 saturated carbocycles. The summed E-state index contributed by atoms with van der Waals surface area (Å²) >= 11 is 1.66. The molecule has 0 aliphatic carbocycles. The van der Waals surface area contributed by atoms with Crippen LogP contribution < -0.4 is 5.32 Å². The van der Waals surface area contributed by atoms with Crippen molar-refractivity contribution < 1.29 is 4.79 Å². The van der Waals surface area contributed by atoms with Crippen molar-refractivity contribution in [1.29, 1.82) is 0 Å². The van der Waals surface area contributed by atoms with Crippen molar-refractivity contribution in [2.45, 2.75) is 51.6 Å². The van der Waals surface area contributed by atoms with Gasteiger partial charge in [0.2, 0.25) is 5.91 Å². The van der Waals surface area contributed by atoms with E-state index in [0.29, 0.717) is 18.4 Å². The SMILES string of the molecule is CC(C)c1nc(CN(C)C(=O)Cn2ccc(C3CCCNC3)n2)cs1.Cl. The van der Waals surface area contributed by atoms with Crippen LogP contribution in [0.25, 0.3) is 0 Å². The average Bonchev–Trinajstić information content (AvgIpc) is 3.25. The molecule has 0 bridgehead atoms. The summed E-state index contributed by atoms with van der Waals surface area (Å²) in [5, 5.41) is 11.2. The molecule has 1 saturated heterocycles. The molecule has 1 aliphatic rings. The van der Waals surface area contributed by atoms with Crippen LogP contribution in [0.5, 0.6) is 0 Å². The molecule has 3 heterocycles. The summed E-state index contributed by atoms with van der Waals surface area (Å²) in [6.45, 7) is 7.16. The van der Waals surface area contributed by atoms with E-state index < -0.39 is 0 Å². The number of nitrogens with zero attached hydrogens (tertiary/aromatic N) is 4. The van der Waals surface area contributed by atoms with Crippen molar-refractivity contribution in [1.82, 2.24) is 25.0 Å². The number of halogens is 1. The molecular weight excluding hydrogens is 370 g/mol. The Kier molecular flexibility index (Phi) is 7.61. The van der Waals surface area contributed by atoms with Gasteiger partial charge in [-0.3, -0.25) is 9.48 Å². The molecule has 1 fully saturated rings. The van der Waals surface area contributed by atoms with Crippen LogP contribution in [0, 0.1) is 0 Å². The van der Waals surface area contributed by atoms with E-state index in [1.54, 1.807) is 20.9 Å². The Bertz CT molecular complexity index is 708. The largest absolute Gasteiger partial charge is 0.338 e. The lowest BCUT2D eigenvalue weighted by molar-refractivity contribution is -0.131. The van der Waals surface area contributed by atoms with E-state index in [2.05, 4.69) is 29.2 Å². The highest BCUT2D eigenvalue weighted by Crippen LogP contribution is 2.21. The second kappa shape index (κ2) is 9.48. The number of aromatic nitrogens is 3. The number of nitrogens with one attached hydrogen (secondary N) is 1. The number of thiazole rings is 1. The lowest BCUT2D eigenvalue weighted by atomic mass is 9.97. The van der Waals surface area contributed by atoms with Crippen LogP contribution in [0.15, 0.2) is 17.6 Å². The van der Waals surface area contributed by atoms with Gasteiger partial charge in [0, 0.05) is 37.0 Å². The van der Waals surface area contributed by atoms with Crippen LogP contribution >= 0.6 is 23.7 Å². The molecule has 0 radical (unpaired) electrons. The molecule has 8 heteroatoms. The third kappa shape index (κ3) is 5.28. The summed E-state index contributed by atoms with van der Waals surface area (Å²) < 4.78 is 1.75. The van der Waals surface area contributed by atoms with Gasteiger partial charge in [-0.05, 0) is 25.5 Å². The van der Waals surface area contributed by atoms with E-state index in [1.807, 2.05) is 24.7 Å². The molecule has 144 valence electrons. The summed E-state index contributed by atoms with van der Waals surface area (Å²) in [5.41, 5.74) is 2.04. The molecule has 26 heavy (non-hydrogen) atoms. The minimum Gasteiger partial charge on any atom is -0.338 e. The molecule has 3 rings (SSSR count). The highest BCUT2D eigenvalue weighted by molar-refractivity contribution is 7.09. The van der Waals surface area contributed by atoms with Crippen molar-refractivity contribution in [3.8, 4) is 0 Å². The average molecular weight is 398 g/mol. The van der Waals surface area contributed by atoms with Crippen LogP contribution in [-0.4, -0.2) is 45.7 Å². The van der Waals surface area contributed by atoms with Crippen molar-refractivity contribution >= 4 is 29.7 Å². The monoisotopic (exact) mass is 397 g/mol. The van der Waals surface area contributed by atoms with Gasteiger partial charge >= 0.3 is 0 Å². The summed E-state index contributed by atoms with van der Waals surface area (Å²) in [6.07, 6.45) is 4.26. The summed E-state index contributed by atoms with van der Waals surface area (Å²) in [7, 11) is 1.83. The molecule has 0 aromatic carbocycles. The number of carbonyl (C=O) groups is 1. The van der Waals surface area contributed by atoms with Crippen LogP contribution in [0.1, 0.15) is 54.9 Å². The first-order chi connectivity index (χ1) is 12.0. The third-order valence-corrected chi connectivity index (χ3v) is 5.76. The van der Waals surface area contributed by atoms with E-state index in [0.717, 1.165) is 29.5 Å². The van der Waals surface area contributed by atoms with Crippen LogP contribution in [0.3, 0.4) is 0 Å². The van der Waals surface area contributed by atoms with Gasteiger partial charge in [-0.1, -0.05) is 13.8 Å². The predicted octanol–water partition coefficient (Wildman–Crippen LogP) is 3.01. The Hall–Kier alpha value is -1.44. The van der Waals surface area contributed by atoms with E-state index in [-0.39, 0.29) is 24.9 Å². The normalized spacial score (nSPS) is 17.2. The maximum absolute atomic E-state index is 12.5. The van der Waals surface area contributed by atoms with E-state index in [9.17, 15) is 4.79 Å². The van der Waals surface area contributed by atoms with E-state index >= 15 is 0 Å². The lowest BCUT2D eigenvalue weighted by Crippen LogP contribution is -2.30. The molecule has 1 amide bonds. The van der Waals surface area contributed by atoms with Gasteiger partial charge in [0.1, 0.15) is 6.54 Å². The van der Waals surface area contributed by atoms with Gasteiger partial charge in [-0.25, -0.2) is 4.98 Å². The molecular formula is C18H28ClN5OS. The fourth-order valence-electron chi connectivity index (χ4n) is 3.04. The number of amides is 1. The number of hydrogen-bond donors (Lipinski definition) is 1. The zero-order valence-corrected chi connectivity index (χ0v) is 17.3. The number of carbonyl (C=O) groups excluding carboxylic acids is 1. The second-order valence-electron chi connectivity index (χ2n) is 7.06. The van der Waals surface area contributed by atoms with Crippen molar-refractivity contribution in [2.75, 3.05) is 20.1 Å². The van der Waals surface area contributed by atoms with Gasteiger partial charge < -0.3 is 10.2 Å². The van der Waals surface area contributed by atoms with Gasteiger partial charge in [0.15, 0.2) is 0 Å². The first kappa shape index (κ1) is 20.9. The molecule has 1 aliphatic heterocycles. The minimum absolute atomic E-state index is 0. The topological polar surface area (TPSA) is 63.1 Å². The molecule has 6 nitrogen and oxygen atoms in total. The van der Waals surface area contributed by atoms with Crippen molar-refractivity contribution in [3.63, 3.8) is 0 Å². The maximum Gasteiger partial charge on any atom is 0.244 e. The molecule has 0 spiro atoms. The van der Waals surface area contributed by atoms with Gasteiger partial charge in [0.25, 0.3) is 0 Å². The Balaban J connectivity index is 0.00000243. The summed E-state index contributed by atoms with van der Waals surface area (Å²) in [4.78, 5) is 18.8. The highest BCUT2D eigenvalue weighted by Gasteiger charge is 2.19. The molecule has 1 unspecified atom stereocenters. The van der Waals surface area contributed by atoms with Crippen molar-refractivity contribution in [3.05, 3.63) is 34.0 Å². The Morgan fingerprint density at radius 2 is 2.31 bits per heavy atom. The van der Waals surface area contributed by atoms with Crippen LogP contribution in [0.2, 0.25) is 0 Å². The van der Waals surface area contributed by atoms with E-state index in [4.69, 9.17) is 0 Å². The van der Waals surface area contributed by atoms with Gasteiger partial charge in [-0.2, -0.15) is 5.10 Å². The highest BCUT2D eigenvalue weighted by atomic mass is 35.5. The van der Waals surface area contributed by atoms with Crippen LogP contribution in [0.4, 0.5) is 0 Å². The molecule has 2 aromatic heterocycles. The van der Waals surface area contributed by atoms with E-state index in [1.165, 1.54) is 12.8 Å². The lowest BCUT2D eigenvalue weighted by Gasteiger charge is -2.20. The molecule has 1 N–H and O–H groups in total. The maximum atomic E-state index is 12.5. The zero-order chi connectivity index (χ0) is 17.8. The predicted molar refractivity (Wildman–Crippen MR) is 107 cm³/mol. The quantitative estimate of drug-likeness (QED) is 0.813. The standard InChI is InChI=1S/C18H27N5OS.ClH/c1-13(2)18-20-15(12-25-18)10-22(3)17(24)11-23-8-6-16(21-23)14-5-4-7-19-9-14;/h6,8,12-14,19H,4-5,7,9-11H2,1-3H3;1H. The number of hydrogen-bond acceptors (Lipinski definition) is 5. The fraction of sp³-hybridized carbons (Fsp3) is 0.611. The van der Waals surface area contributed by atoms with Gasteiger partial charge in [-0.15, -0.1) is 23.7 Å². The Labute approximate surface area is 165 Å². The fourth-order valence-corrected chi connectivity index (χ4v) is 3.86.